The molecule has 2 aliphatic rings. The Morgan fingerprint density at radius 3 is 1.83 bits per heavy atom. The predicted molar refractivity (Wildman–Crippen MR) is 82.9 cm³/mol. The highest BCUT2D eigenvalue weighted by Crippen LogP contribution is 2.49. The molecule has 2 heterocycles. The van der Waals surface area contributed by atoms with Crippen LogP contribution < -0.4 is 0 Å². The molecule has 0 spiro atoms. The van der Waals surface area contributed by atoms with Crippen LogP contribution in [0.25, 0.3) is 0 Å². The number of rotatable bonds is 7. The fourth-order valence-corrected chi connectivity index (χ4v) is 12.6. The molecule has 0 aromatic heterocycles. The standard InChI is InChI=1S/C14H30O2Si2/c1-14(2,18(5,6)10-13-8-16-13)11-17(3,4)9-12-7-15-12/h12-13H,7-11H2,1-6H3. The third-order valence-corrected chi connectivity index (χ3v) is 14.1. The first-order valence-electron chi connectivity index (χ1n) is 7.35. The minimum Gasteiger partial charge on any atom is -0.373 e. The Balaban J connectivity index is 1.94. The monoisotopic (exact) mass is 286 g/mol. The molecular weight excluding hydrogens is 256 g/mol. The van der Waals surface area contributed by atoms with Gasteiger partial charge in [-0.25, -0.2) is 0 Å². The van der Waals surface area contributed by atoms with Crippen LogP contribution in [0.4, 0.5) is 0 Å². The van der Waals surface area contributed by atoms with E-state index in [-0.39, 0.29) is 0 Å². The third-order valence-electron chi connectivity index (χ3n) is 5.08. The first kappa shape index (κ1) is 14.8. The maximum Gasteiger partial charge on any atom is 0.0786 e. The Hall–Kier alpha value is 0.354. The second kappa shape index (κ2) is 4.72. The Labute approximate surface area is 114 Å². The van der Waals surface area contributed by atoms with E-state index in [0.717, 1.165) is 13.2 Å². The molecule has 0 saturated carbocycles. The first-order valence-corrected chi connectivity index (χ1v) is 14.0. The van der Waals surface area contributed by atoms with Crippen molar-refractivity contribution >= 4 is 16.1 Å². The van der Waals surface area contributed by atoms with Crippen LogP contribution in [-0.4, -0.2) is 41.6 Å². The van der Waals surface area contributed by atoms with Gasteiger partial charge in [-0.15, -0.1) is 0 Å². The summed E-state index contributed by atoms with van der Waals surface area (Å²) >= 11 is 0. The molecule has 2 rings (SSSR count). The summed E-state index contributed by atoms with van der Waals surface area (Å²) in [7, 11) is -2.31. The van der Waals surface area contributed by atoms with E-state index in [4.69, 9.17) is 9.47 Å². The van der Waals surface area contributed by atoms with Gasteiger partial charge in [0.15, 0.2) is 0 Å². The molecule has 2 unspecified atom stereocenters. The molecule has 106 valence electrons. The highest BCUT2D eigenvalue weighted by atomic mass is 28.3. The van der Waals surface area contributed by atoms with E-state index in [1.54, 1.807) is 0 Å². The fraction of sp³-hybridized carbons (Fsp3) is 1.00. The highest BCUT2D eigenvalue weighted by molar-refractivity contribution is 6.85. The number of hydrogen-bond donors (Lipinski definition) is 0. The average Bonchev–Trinajstić information content (AvgIpc) is 2.97. The SMILES string of the molecule is CC(C)(C[Si](C)(C)CC1CO1)[Si](C)(C)CC1CO1. The van der Waals surface area contributed by atoms with Gasteiger partial charge in [-0.05, 0) is 17.1 Å². The largest absolute Gasteiger partial charge is 0.373 e. The molecule has 2 fully saturated rings. The second-order valence-electron chi connectivity index (χ2n) is 8.43. The summed E-state index contributed by atoms with van der Waals surface area (Å²) in [5.74, 6) is 0. The molecule has 0 radical (unpaired) electrons. The van der Waals surface area contributed by atoms with Gasteiger partial charge in [-0.2, -0.15) is 0 Å². The predicted octanol–water partition coefficient (Wildman–Crippen LogP) is 3.98. The van der Waals surface area contributed by atoms with Crippen molar-refractivity contribution in [1.82, 2.24) is 0 Å². The van der Waals surface area contributed by atoms with Crippen LogP contribution >= 0.6 is 0 Å². The quantitative estimate of drug-likeness (QED) is 0.522. The zero-order valence-corrected chi connectivity index (χ0v) is 15.0. The normalized spacial score (nSPS) is 28.3. The molecule has 2 nitrogen and oxygen atoms in total. The molecule has 0 aliphatic carbocycles. The lowest BCUT2D eigenvalue weighted by molar-refractivity contribution is 0.418. The zero-order valence-electron chi connectivity index (χ0n) is 13.0. The van der Waals surface area contributed by atoms with Gasteiger partial charge in [0.1, 0.15) is 0 Å². The summed E-state index contributed by atoms with van der Waals surface area (Å²) < 4.78 is 10.9. The van der Waals surface area contributed by atoms with Crippen LogP contribution in [0, 0.1) is 0 Å². The number of epoxide rings is 2. The van der Waals surface area contributed by atoms with Crippen LogP contribution in [0.15, 0.2) is 0 Å². The van der Waals surface area contributed by atoms with Crippen LogP contribution in [0.5, 0.6) is 0 Å². The highest BCUT2D eigenvalue weighted by Gasteiger charge is 2.46. The van der Waals surface area contributed by atoms with Crippen molar-refractivity contribution in [2.45, 2.75) is 75.4 Å². The molecule has 2 aliphatic heterocycles. The maximum atomic E-state index is 5.47. The maximum absolute atomic E-state index is 5.47. The smallest absolute Gasteiger partial charge is 0.0786 e. The van der Waals surface area contributed by atoms with Crippen molar-refractivity contribution < 1.29 is 9.47 Å². The van der Waals surface area contributed by atoms with Gasteiger partial charge in [0, 0.05) is 0 Å². The summed E-state index contributed by atoms with van der Waals surface area (Å²) in [6.07, 6.45) is 1.21. The Morgan fingerprint density at radius 1 is 0.944 bits per heavy atom. The van der Waals surface area contributed by atoms with Crippen molar-refractivity contribution in [2.24, 2.45) is 0 Å². The molecule has 2 atom stereocenters. The fourth-order valence-electron chi connectivity index (χ4n) is 3.34. The second-order valence-corrected chi connectivity index (χ2v) is 19.0. The Morgan fingerprint density at radius 2 is 1.39 bits per heavy atom. The molecular formula is C14H30O2Si2. The number of ether oxygens (including phenoxy) is 2. The van der Waals surface area contributed by atoms with Gasteiger partial charge < -0.3 is 9.47 Å². The van der Waals surface area contributed by atoms with E-state index in [2.05, 4.69) is 40.0 Å². The lowest BCUT2D eigenvalue weighted by atomic mass is 10.2. The molecule has 0 aromatic rings. The van der Waals surface area contributed by atoms with Crippen LogP contribution in [0.1, 0.15) is 13.8 Å². The first-order chi connectivity index (χ1) is 8.11. The van der Waals surface area contributed by atoms with Gasteiger partial charge >= 0.3 is 0 Å². The topological polar surface area (TPSA) is 25.1 Å². The lowest BCUT2D eigenvalue weighted by Gasteiger charge is -2.44. The molecule has 0 amide bonds. The zero-order chi connectivity index (χ0) is 13.6. The molecule has 2 saturated heterocycles. The van der Waals surface area contributed by atoms with Crippen molar-refractivity contribution in [3.05, 3.63) is 0 Å². The van der Waals surface area contributed by atoms with E-state index < -0.39 is 16.1 Å². The minimum atomic E-state index is -1.20. The molecule has 0 bridgehead atoms. The van der Waals surface area contributed by atoms with Crippen molar-refractivity contribution in [3.63, 3.8) is 0 Å². The van der Waals surface area contributed by atoms with Crippen molar-refractivity contribution in [2.75, 3.05) is 13.2 Å². The van der Waals surface area contributed by atoms with E-state index >= 15 is 0 Å². The molecule has 0 N–H and O–H groups in total. The van der Waals surface area contributed by atoms with E-state index in [0.29, 0.717) is 17.2 Å². The van der Waals surface area contributed by atoms with E-state index in [9.17, 15) is 0 Å². The van der Waals surface area contributed by atoms with Crippen LogP contribution in [0.2, 0.25) is 49.4 Å². The van der Waals surface area contributed by atoms with Gasteiger partial charge in [-0.1, -0.05) is 46.1 Å². The molecule has 4 heteroatoms. The summed E-state index contributed by atoms with van der Waals surface area (Å²) in [5, 5.41) is 0.531. The summed E-state index contributed by atoms with van der Waals surface area (Å²) in [6.45, 7) is 17.3. The van der Waals surface area contributed by atoms with Gasteiger partial charge in [0.2, 0.25) is 0 Å². The van der Waals surface area contributed by atoms with E-state index in [1.807, 2.05) is 0 Å². The van der Waals surface area contributed by atoms with Gasteiger partial charge in [-0.3, -0.25) is 0 Å². The third kappa shape index (κ3) is 3.92. The Kier molecular flexibility index (Phi) is 3.87. The van der Waals surface area contributed by atoms with Crippen molar-refractivity contribution in [1.29, 1.82) is 0 Å². The van der Waals surface area contributed by atoms with Crippen LogP contribution in [0.3, 0.4) is 0 Å². The van der Waals surface area contributed by atoms with Crippen LogP contribution in [-0.2, 0) is 9.47 Å². The average molecular weight is 287 g/mol. The summed E-state index contributed by atoms with van der Waals surface area (Å²) in [4.78, 5) is 0. The molecule has 0 aromatic carbocycles. The Bertz CT molecular complexity index is 305. The molecule has 18 heavy (non-hydrogen) atoms. The summed E-state index contributed by atoms with van der Waals surface area (Å²) in [6, 6.07) is 4.16. The number of hydrogen-bond acceptors (Lipinski definition) is 2. The van der Waals surface area contributed by atoms with Gasteiger partial charge in [0.25, 0.3) is 0 Å². The summed E-state index contributed by atoms with van der Waals surface area (Å²) in [5.41, 5.74) is 0. The van der Waals surface area contributed by atoms with Gasteiger partial charge in [0.05, 0.1) is 41.6 Å². The lowest BCUT2D eigenvalue weighted by Crippen LogP contribution is -2.45. The minimum absolute atomic E-state index is 0.531. The van der Waals surface area contributed by atoms with Crippen molar-refractivity contribution in [3.8, 4) is 0 Å². The van der Waals surface area contributed by atoms with E-state index in [1.165, 1.54) is 18.1 Å².